The summed E-state index contributed by atoms with van der Waals surface area (Å²) >= 11 is 6.14. The van der Waals surface area contributed by atoms with Crippen LogP contribution in [0.15, 0.2) is 79.0 Å². The van der Waals surface area contributed by atoms with Gasteiger partial charge in [-0.15, -0.1) is 0 Å². The zero-order chi connectivity index (χ0) is 18.4. The maximum atomic E-state index is 12.8. The van der Waals surface area contributed by atoms with Crippen molar-refractivity contribution in [1.82, 2.24) is 9.88 Å². The number of para-hydroxylation sites is 1. The minimum absolute atomic E-state index is 0.0515. The molecule has 0 bridgehead atoms. The van der Waals surface area contributed by atoms with Crippen molar-refractivity contribution in [2.24, 2.45) is 0 Å². The molecule has 132 valence electrons. The third-order valence-corrected chi connectivity index (χ3v) is 4.50. The Balaban J connectivity index is 1.80. The number of rotatable bonds is 6. The summed E-state index contributed by atoms with van der Waals surface area (Å²) < 4.78 is 0. The number of nitrogens with zero attached hydrogens (tertiary/aromatic N) is 2. The van der Waals surface area contributed by atoms with Gasteiger partial charge in [0.15, 0.2) is 0 Å². The molecule has 2 aromatic carbocycles. The molecule has 0 radical (unpaired) electrons. The van der Waals surface area contributed by atoms with Crippen molar-refractivity contribution < 1.29 is 4.79 Å². The van der Waals surface area contributed by atoms with Gasteiger partial charge >= 0.3 is 0 Å². The molecular weight excluding hydrogens is 346 g/mol. The number of anilines is 1. The third kappa shape index (κ3) is 4.21. The molecule has 3 aromatic rings. The Bertz CT molecular complexity index is 816. The van der Waals surface area contributed by atoms with E-state index in [1.54, 1.807) is 24.2 Å². The first-order valence-corrected chi connectivity index (χ1v) is 8.74. The number of pyridine rings is 1. The van der Waals surface area contributed by atoms with Gasteiger partial charge in [0.25, 0.3) is 0 Å². The molecule has 1 N–H and O–H groups in total. The van der Waals surface area contributed by atoms with Crippen LogP contribution in [0.4, 0.5) is 5.69 Å². The topological polar surface area (TPSA) is 45.2 Å². The molecule has 26 heavy (non-hydrogen) atoms. The lowest BCUT2D eigenvalue weighted by atomic mass is 10.0. The lowest BCUT2D eigenvalue weighted by molar-refractivity contribution is -0.129. The summed E-state index contributed by atoms with van der Waals surface area (Å²) in [6.07, 6.45) is 1.74. The Labute approximate surface area is 158 Å². The Hall–Kier alpha value is -2.85. The van der Waals surface area contributed by atoms with Crippen LogP contribution >= 0.6 is 11.6 Å². The molecule has 0 saturated carbocycles. The van der Waals surface area contributed by atoms with Gasteiger partial charge in [0, 0.05) is 13.2 Å². The number of amides is 1. The fraction of sp³-hybridized carbons (Fsp3) is 0.143. The number of likely N-dealkylation sites (N-methyl/N-ethyl adjacent to an activating group) is 1. The van der Waals surface area contributed by atoms with E-state index in [0.717, 1.165) is 16.9 Å². The van der Waals surface area contributed by atoms with Crippen LogP contribution < -0.4 is 5.32 Å². The van der Waals surface area contributed by atoms with Gasteiger partial charge in [-0.3, -0.25) is 9.78 Å². The lowest BCUT2D eigenvalue weighted by Crippen LogP contribution is -2.36. The number of benzene rings is 2. The number of carbonyl (C=O) groups is 1. The zero-order valence-corrected chi connectivity index (χ0v) is 15.2. The highest BCUT2D eigenvalue weighted by Crippen LogP contribution is 2.26. The fourth-order valence-electron chi connectivity index (χ4n) is 2.81. The van der Waals surface area contributed by atoms with Crippen molar-refractivity contribution in [2.75, 3.05) is 18.9 Å². The van der Waals surface area contributed by atoms with Crippen LogP contribution in [0.2, 0.25) is 5.02 Å². The monoisotopic (exact) mass is 365 g/mol. The molecule has 1 heterocycles. The van der Waals surface area contributed by atoms with E-state index in [2.05, 4.69) is 10.3 Å². The van der Waals surface area contributed by atoms with E-state index in [1.165, 1.54) is 0 Å². The van der Waals surface area contributed by atoms with Gasteiger partial charge < -0.3 is 10.2 Å². The van der Waals surface area contributed by atoms with Crippen molar-refractivity contribution in [3.63, 3.8) is 0 Å². The molecular formula is C21H20ClN3O. The SMILES string of the molecule is CN(C(=O)CNc1ccccc1Cl)C(c1ccccc1)c1ccccn1. The summed E-state index contributed by atoms with van der Waals surface area (Å²) in [5.41, 5.74) is 2.58. The quantitative estimate of drug-likeness (QED) is 0.704. The minimum atomic E-state index is -0.252. The van der Waals surface area contributed by atoms with Gasteiger partial charge in [-0.2, -0.15) is 0 Å². The number of hydrogen-bond acceptors (Lipinski definition) is 3. The second-order valence-electron chi connectivity index (χ2n) is 5.91. The van der Waals surface area contributed by atoms with E-state index in [9.17, 15) is 4.79 Å². The van der Waals surface area contributed by atoms with Crippen LogP contribution in [-0.2, 0) is 4.79 Å². The van der Waals surface area contributed by atoms with E-state index in [-0.39, 0.29) is 18.5 Å². The molecule has 5 heteroatoms. The van der Waals surface area contributed by atoms with Crippen molar-refractivity contribution in [3.8, 4) is 0 Å². The molecule has 1 atom stereocenters. The van der Waals surface area contributed by atoms with Gasteiger partial charge in [-0.25, -0.2) is 0 Å². The maximum Gasteiger partial charge on any atom is 0.242 e. The second kappa shape index (κ2) is 8.50. The van der Waals surface area contributed by atoms with Crippen molar-refractivity contribution in [2.45, 2.75) is 6.04 Å². The summed E-state index contributed by atoms with van der Waals surface area (Å²) in [4.78, 5) is 19.0. The summed E-state index contributed by atoms with van der Waals surface area (Å²) in [5, 5.41) is 3.70. The van der Waals surface area contributed by atoms with Gasteiger partial charge in [0.1, 0.15) is 0 Å². The Morgan fingerprint density at radius 2 is 1.73 bits per heavy atom. The van der Waals surface area contributed by atoms with E-state index in [1.807, 2.05) is 66.7 Å². The molecule has 0 saturated heterocycles. The highest BCUT2D eigenvalue weighted by Gasteiger charge is 2.24. The first-order chi connectivity index (χ1) is 12.7. The lowest BCUT2D eigenvalue weighted by Gasteiger charge is -2.28. The van der Waals surface area contributed by atoms with Gasteiger partial charge in [-0.1, -0.05) is 60.1 Å². The minimum Gasteiger partial charge on any atom is -0.375 e. The molecule has 1 unspecified atom stereocenters. The number of hydrogen-bond donors (Lipinski definition) is 1. The average Bonchev–Trinajstić information content (AvgIpc) is 2.69. The molecule has 0 spiro atoms. The summed E-state index contributed by atoms with van der Waals surface area (Å²) in [7, 11) is 1.79. The first kappa shape index (κ1) is 18.0. The largest absolute Gasteiger partial charge is 0.375 e. The fourth-order valence-corrected chi connectivity index (χ4v) is 3.01. The predicted octanol–water partition coefficient (Wildman–Crippen LogP) is 4.39. The number of nitrogens with one attached hydrogen (secondary N) is 1. The van der Waals surface area contributed by atoms with Crippen LogP contribution in [0.25, 0.3) is 0 Å². The highest BCUT2D eigenvalue weighted by atomic mass is 35.5. The molecule has 0 fully saturated rings. The normalized spacial score (nSPS) is 11.6. The maximum absolute atomic E-state index is 12.8. The zero-order valence-electron chi connectivity index (χ0n) is 14.5. The molecule has 0 aliphatic carbocycles. The molecule has 0 aliphatic heterocycles. The smallest absolute Gasteiger partial charge is 0.242 e. The first-order valence-electron chi connectivity index (χ1n) is 8.37. The van der Waals surface area contributed by atoms with Crippen molar-refractivity contribution >= 4 is 23.2 Å². The standard InChI is InChI=1S/C21H20ClN3O/c1-25(20(26)15-24-18-12-6-5-11-17(18)22)21(16-9-3-2-4-10-16)19-13-7-8-14-23-19/h2-14,21,24H,15H2,1H3. The Kier molecular flexibility index (Phi) is 5.87. The molecule has 3 rings (SSSR count). The molecule has 4 nitrogen and oxygen atoms in total. The molecule has 1 aromatic heterocycles. The summed E-state index contributed by atoms with van der Waals surface area (Å²) in [6.45, 7) is 0.149. The third-order valence-electron chi connectivity index (χ3n) is 4.17. The second-order valence-corrected chi connectivity index (χ2v) is 6.31. The van der Waals surface area contributed by atoms with E-state index in [4.69, 9.17) is 11.6 Å². The Morgan fingerprint density at radius 3 is 2.42 bits per heavy atom. The number of halogens is 1. The van der Waals surface area contributed by atoms with Crippen LogP contribution in [0, 0.1) is 0 Å². The van der Waals surface area contributed by atoms with Crippen molar-refractivity contribution in [1.29, 1.82) is 0 Å². The van der Waals surface area contributed by atoms with E-state index in [0.29, 0.717) is 5.02 Å². The van der Waals surface area contributed by atoms with Gasteiger partial charge in [0.05, 0.1) is 29.0 Å². The molecule has 1 amide bonds. The van der Waals surface area contributed by atoms with Gasteiger partial charge in [0.2, 0.25) is 5.91 Å². The van der Waals surface area contributed by atoms with Crippen LogP contribution in [-0.4, -0.2) is 29.4 Å². The predicted molar refractivity (Wildman–Crippen MR) is 105 cm³/mol. The van der Waals surface area contributed by atoms with Crippen LogP contribution in [0.3, 0.4) is 0 Å². The van der Waals surface area contributed by atoms with Crippen molar-refractivity contribution in [3.05, 3.63) is 95.3 Å². The van der Waals surface area contributed by atoms with Crippen LogP contribution in [0.1, 0.15) is 17.3 Å². The number of aromatic nitrogens is 1. The van der Waals surface area contributed by atoms with E-state index < -0.39 is 0 Å². The molecule has 0 aliphatic rings. The van der Waals surface area contributed by atoms with Crippen LogP contribution in [0.5, 0.6) is 0 Å². The highest BCUT2D eigenvalue weighted by molar-refractivity contribution is 6.33. The summed E-state index contributed by atoms with van der Waals surface area (Å²) in [5.74, 6) is -0.0515. The summed E-state index contributed by atoms with van der Waals surface area (Å²) in [6, 6.07) is 22.7. The van der Waals surface area contributed by atoms with Gasteiger partial charge in [-0.05, 0) is 29.8 Å². The Morgan fingerprint density at radius 1 is 1.04 bits per heavy atom. The number of carbonyl (C=O) groups excluding carboxylic acids is 1. The average molecular weight is 366 g/mol. The van der Waals surface area contributed by atoms with E-state index >= 15 is 0 Å².